The maximum Gasteiger partial charge on any atom is 0.190 e. The Labute approximate surface area is 109 Å². The van der Waals surface area contributed by atoms with Crippen LogP contribution in [0.5, 0.6) is 0 Å². The smallest absolute Gasteiger partial charge is 0.190 e. The third kappa shape index (κ3) is 2.70. The second-order valence-corrected chi connectivity index (χ2v) is 4.55. The maximum atomic E-state index is 6.06. The van der Waals surface area contributed by atoms with Gasteiger partial charge in [0.25, 0.3) is 0 Å². The van der Waals surface area contributed by atoms with E-state index in [0.717, 1.165) is 11.8 Å². The molecule has 0 radical (unpaired) electrons. The Morgan fingerprint density at radius 1 is 1.47 bits per heavy atom. The average Bonchev–Trinajstić information content (AvgIpc) is 2.73. The van der Waals surface area contributed by atoms with Gasteiger partial charge in [-0.15, -0.1) is 0 Å². The van der Waals surface area contributed by atoms with Gasteiger partial charge in [-0.3, -0.25) is 0 Å². The van der Waals surface area contributed by atoms with Crippen molar-refractivity contribution in [3.05, 3.63) is 11.3 Å². The number of fused-ring (bicyclic) bond motifs is 1. The van der Waals surface area contributed by atoms with Gasteiger partial charge < -0.3 is 4.74 Å². The zero-order valence-corrected chi connectivity index (χ0v) is 11.3. The largest absolute Gasteiger partial charge is 0.359 e. The highest BCUT2D eigenvalue weighted by Crippen LogP contribution is 2.22. The molecule has 7 heteroatoms. The summed E-state index contributed by atoms with van der Waals surface area (Å²) in [6.07, 6.45) is 4.55. The number of halogens is 1. The van der Waals surface area contributed by atoms with E-state index in [2.05, 4.69) is 22.0 Å². The summed E-state index contributed by atoms with van der Waals surface area (Å²) >= 11 is 7.51. The van der Waals surface area contributed by atoms with Crippen LogP contribution in [0.25, 0.3) is 11.0 Å². The van der Waals surface area contributed by atoms with Gasteiger partial charge in [0.1, 0.15) is 11.9 Å². The summed E-state index contributed by atoms with van der Waals surface area (Å²) in [6, 6.07) is 0. The number of ether oxygens (including phenoxy) is 1. The molecule has 0 aliphatic carbocycles. The molecule has 0 saturated heterocycles. The lowest BCUT2D eigenvalue weighted by Gasteiger charge is -2.04. The van der Waals surface area contributed by atoms with E-state index >= 15 is 0 Å². The molecule has 0 bridgehead atoms. The van der Waals surface area contributed by atoms with Crippen LogP contribution in [0.15, 0.2) is 11.4 Å². The van der Waals surface area contributed by atoms with E-state index in [1.54, 1.807) is 10.9 Å². The van der Waals surface area contributed by atoms with Gasteiger partial charge in [0.15, 0.2) is 10.8 Å². The molecule has 0 N–H and O–H groups in total. The fourth-order valence-corrected chi connectivity index (χ4v) is 2.01. The molecule has 0 aliphatic rings. The SMILES string of the molecule is CCCOCn1ncc2c(Cl)nc(SC)nc21. The monoisotopic (exact) mass is 272 g/mol. The summed E-state index contributed by atoms with van der Waals surface area (Å²) in [5.74, 6) is 0. The van der Waals surface area contributed by atoms with Crippen LogP contribution in [0.3, 0.4) is 0 Å². The van der Waals surface area contributed by atoms with E-state index in [1.807, 2.05) is 6.26 Å². The summed E-state index contributed by atoms with van der Waals surface area (Å²) in [5.41, 5.74) is 0.713. The van der Waals surface area contributed by atoms with Crippen LogP contribution in [0.2, 0.25) is 5.15 Å². The minimum absolute atomic E-state index is 0.387. The molecule has 2 aromatic heterocycles. The molecule has 0 aromatic carbocycles. The predicted octanol–water partition coefficient (Wildman–Crippen LogP) is 2.59. The molecular formula is C10H13ClN4OS. The Bertz CT molecular complexity index is 516. The van der Waals surface area contributed by atoms with Crippen molar-refractivity contribution >= 4 is 34.4 Å². The molecule has 2 heterocycles. The Balaban J connectivity index is 2.33. The Hall–Kier alpha value is -0.850. The Morgan fingerprint density at radius 2 is 2.29 bits per heavy atom. The summed E-state index contributed by atoms with van der Waals surface area (Å²) in [5, 5.41) is 6.02. The van der Waals surface area contributed by atoms with Crippen LogP contribution in [0.4, 0.5) is 0 Å². The molecule has 92 valence electrons. The molecule has 0 aliphatic heterocycles. The second kappa shape index (κ2) is 5.66. The lowest BCUT2D eigenvalue weighted by atomic mass is 10.4. The van der Waals surface area contributed by atoms with Crippen molar-refractivity contribution < 1.29 is 4.74 Å². The van der Waals surface area contributed by atoms with Gasteiger partial charge in [0.05, 0.1) is 11.6 Å². The van der Waals surface area contributed by atoms with Crippen LogP contribution in [0.1, 0.15) is 13.3 Å². The molecule has 17 heavy (non-hydrogen) atoms. The molecule has 2 rings (SSSR count). The molecule has 5 nitrogen and oxygen atoms in total. The number of aromatic nitrogens is 4. The van der Waals surface area contributed by atoms with Gasteiger partial charge in [-0.1, -0.05) is 30.3 Å². The van der Waals surface area contributed by atoms with E-state index in [1.165, 1.54) is 11.8 Å². The van der Waals surface area contributed by atoms with Gasteiger partial charge in [-0.05, 0) is 12.7 Å². The van der Waals surface area contributed by atoms with Crippen LogP contribution in [0, 0.1) is 0 Å². The average molecular weight is 273 g/mol. The highest BCUT2D eigenvalue weighted by atomic mass is 35.5. The van der Waals surface area contributed by atoms with Crippen molar-refractivity contribution in [3.8, 4) is 0 Å². The van der Waals surface area contributed by atoms with Crippen LogP contribution >= 0.6 is 23.4 Å². The van der Waals surface area contributed by atoms with Crippen molar-refractivity contribution in [2.24, 2.45) is 0 Å². The highest BCUT2D eigenvalue weighted by Gasteiger charge is 2.10. The number of thioether (sulfide) groups is 1. The van der Waals surface area contributed by atoms with Crippen LogP contribution in [-0.2, 0) is 11.5 Å². The predicted molar refractivity (Wildman–Crippen MR) is 68.4 cm³/mol. The summed E-state index contributed by atoms with van der Waals surface area (Å²) in [6.45, 7) is 3.15. The minimum Gasteiger partial charge on any atom is -0.359 e. The number of hydrogen-bond acceptors (Lipinski definition) is 5. The summed E-state index contributed by atoms with van der Waals surface area (Å²) < 4.78 is 7.13. The standard InChI is InChI=1S/C10H13ClN4OS/c1-3-4-16-6-15-9-7(5-12-15)8(11)13-10(14-9)17-2/h5H,3-4,6H2,1-2H3. The number of hydrogen-bond donors (Lipinski definition) is 0. The lowest BCUT2D eigenvalue weighted by Crippen LogP contribution is -2.06. The molecule has 0 fully saturated rings. The number of rotatable bonds is 5. The van der Waals surface area contributed by atoms with E-state index in [0.29, 0.717) is 29.3 Å². The van der Waals surface area contributed by atoms with E-state index in [4.69, 9.17) is 16.3 Å². The Morgan fingerprint density at radius 3 is 3.00 bits per heavy atom. The highest BCUT2D eigenvalue weighted by molar-refractivity contribution is 7.98. The molecule has 0 spiro atoms. The first-order chi connectivity index (χ1) is 8.26. The number of nitrogens with zero attached hydrogens (tertiary/aromatic N) is 4. The van der Waals surface area contributed by atoms with Gasteiger partial charge >= 0.3 is 0 Å². The minimum atomic E-state index is 0.387. The normalized spacial score (nSPS) is 11.2. The van der Waals surface area contributed by atoms with Crippen molar-refractivity contribution in [3.63, 3.8) is 0 Å². The fraction of sp³-hybridized carbons (Fsp3) is 0.500. The quantitative estimate of drug-likeness (QED) is 0.362. The molecule has 0 unspecified atom stereocenters. The van der Waals surface area contributed by atoms with Crippen molar-refractivity contribution in [1.29, 1.82) is 0 Å². The third-order valence-corrected chi connectivity index (χ3v) is 3.01. The molecule has 2 aromatic rings. The third-order valence-electron chi connectivity index (χ3n) is 2.17. The Kier molecular flexibility index (Phi) is 4.20. The zero-order valence-electron chi connectivity index (χ0n) is 9.68. The van der Waals surface area contributed by atoms with Crippen molar-refractivity contribution in [2.75, 3.05) is 12.9 Å². The van der Waals surface area contributed by atoms with E-state index in [-0.39, 0.29) is 0 Å². The maximum absolute atomic E-state index is 6.06. The van der Waals surface area contributed by atoms with Gasteiger partial charge in [0, 0.05) is 6.61 Å². The lowest BCUT2D eigenvalue weighted by molar-refractivity contribution is 0.0718. The van der Waals surface area contributed by atoms with Crippen molar-refractivity contribution in [2.45, 2.75) is 25.2 Å². The molecule has 0 atom stereocenters. The first kappa shape index (κ1) is 12.6. The van der Waals surface area contributed by atoms with Gasteiger partial charge in [-0.25, -0.2) is 14.6 Å². The van der Waals surface area contributed by atoms with Gasteiger partial charge in [0.2, 0.25) is 0 Å². The first-order valence-electron chi connectivity index (χ1n) is 5.27. The zero-order chi connectivity index (χ0) is 12.3. The molecule has 0 saturated carbocycles. The fourth-order valence-electron chi connectivity index (χ4n) is 1.38. The van der Waals surface area contributed by atoms with Crippen molar-refractivity contribution in [1.82, 2.24) is 19.7 Å². The molecular weight excluding hydrogens is 260 g/mol. The van der Waals surface area contributed by atoms with E-state index < -0.39 is 0 Å². The summed E-state index contributed by atoms with van der Waals surface area (Å²) in [4.78, 5) is 8.53. The van der Waals surface area contributed by atoms with Crippen LogP contribution in [-0.4, -0.2) is 32.6 Å². The van der Waals surface area contributed by atoms with Crippen LogP contribution < -0.4 is 0 Å². The second-order valence-electron chi connectivity index (χ2n) is 3.42. The van der Waals surface area contributed by atoms with E-state index in [9.17, 15) is 0 Å². The topological polar surface area (TPSA) is 52.8 Å². The molecule has 0 amide bonds. The van der Waals surface area contributed by atoms with Gasteiger partial charge in [-0.2, -0.15) is 5.10 Å². The first-order valence-corrected chi connectivity index (χ1v) is 6.87. The summed E-state index contributed by atoms with van der Waals surface area (Å²) in [7, 11) is 0.